The Labute approximate surface area is 127 Å². The van der Waals surface area contributed by atoms with Gasteiger partial charge >= 0.3 is 0 Å². The fourth-order valence-electron chi connectivity index (χ4n) is 2.04. The summed E-state index contributed by atoms with van der Waals surface area (Å²) in [5.74, 6) is 1.38. The maximum Gasteiger partial charge on any atom is 0.217 e. The minimum atomic E-state index is -0.193. The average Bonchev–Trinajstić information content (AvgIpc) is 2.49. The molecular weight excluding hydrogens is 320 g/mol. The van der Waals surface area contributed by atoms with E-state index < -0.39 is 0 Å². The lowest BCUT2D eigenvalue weighted by molar-refractivity contribution is 0.388. The molecular formula is C15H17BrN2O2. The molecule has 0 fully saturated rings. The first-order chi connectivity index (χ1) is 9.65. The number of hydrogen-bond acceptors (Lipinski definition) is 4. The lowest BCUT2D eigenvalue weighted by Gasteiger charge is -2.16. The van der Waals surface area contributed by atoms with Crippen LogP contribution in [0, 0.1) is 0 Å². The van der Waals surface area contributed by atoms with E-state index in [9.17, 15) is 0 Å². The number of pyridine rings is 1. The maximum absolute atomic E-state index is 6.28. The zero-order valence-electron chi connectivity index (χ0n) is 11.5. The van der Waals surface area contributed by atoms with E-state index in [2.05, 4.69) is 20.9 Å². The van der Waals surface area contributed by atoms with Crippen LogP contribution in [-0.2, 0) is 6.42 Å². The van der Waals surface area contributed by atoms with Crippen LogP contribution in [0.5, 0.6) is 11.6 Å². The first kappa shape index (κ1) is 14.8. The van der Waals surface area contributed by atoms with Crippen LogP contribution >= 0.6 is 15.9 Å². The van der Waals surface area contributed by atoms with Crippen LogP contribution in [0.15, 0.2) is 41.0 Å². The smallest absolute Gasteiger partial charge is 0.217 e. The lowest BCUT2D eigenvalue weighted by atomic mass is 10.0. The Morgan fingerprint density at radius 2 is 2.05 bits per heavy atom. The molecule has 2 aromatic rings. The fourth-order valence-corrected chi connectivity index (χ4v) is 2.45. The number of nitrogens with two attached hydrogens (primary N) is 1. The van der Waals surface area contributed by atoms with Gasteiger partial charge in [-0.25, -0.2) is 4.98 Å². The zero-order chi connectivity index (χ0) is 14.5. The predicted molar refractivity (Wildman–Crippen MR) is 82.1 cm³/mol. The molecule has 2 N–H and O–H groups in total. The molecule has 0 aliphatic rings. The summed E-state index contributed by atoms with van der Waals surface area (Å²) in [5.41, 5.74) is 8.26. The molecule has 1 unspecified atom stereocenters. The summed E-state index contributed by atoms with van der Waals surface area (Å²) < 4.78 is 11.5. The van der Waals surface area contributed by atoms with Crippen LogP contribution in [0.3, 0.4) is 0 Å². The van der Waals surface area contributed by atoms with Crippen molar-refractivity contribution in [1.29, 1.82) is 0 Å². The molecule has 0 aliphatic heterocycles. The largest absolute Gasteiger partial charge is 0.497 e. The van der Waals surface area contributed by atoms with E-state index in [1.807, 2.05) is 30.3 Å². The van der Waals surface area contributed by atoms with Crippen LogP contribution in [0.25, 0.3) is 0 Å². The molecule has 1 aromatic carbocycles. The molecule has 4 nitrogen and oxygen atoms in total. The highest BCUT2D eigenvalue weighted by Crippen LogP contribution is 2.28. The van der Waals surface area contributed by atoms with Crippen molar-refractivity contribution < 1.29 is 9.47 Å². The SMILES string of the molecule is COc1ccc(Br)c(CC(N)c2cccnc2OC)c1. The molecule has 1 aromatic heterocycles. The third-order valence-corrected chi connectivity index (χ3v) is 3.86. The highest BCUT2D eigenvalue weighted by atomic mass is 79.9. The number of nitrogens with zero attached hydrogens (tertiary/aromatic N) is 1. The van der Waals surface area contributed by atoms with Gasteiger partial charge in [0.25, 0.3) is 0 Å². The maximum atomic E-state index is 6.28. The molecule has 0 saturated carbocycles. The second kappa shape index (κ2) is 6.72. The van der Waals surface area contributed by atoms with E-state index in [0.29, 0.717) is 12.3 Å². The fraction of sp³-hybridized carbons (Fsp3) is 0.267. The Hall–Kier alpha value is -1.59. The molecule has 0 radical (unpaired) electrons. The van der Waals surface area contributed by atoms with Gasteiger partial charge in [0, 0.05) is 22.3 Å². The van der Waals surface area contributed by atoms with Crippen LogP contribution in [0.4, 0.5) is 0 Å². The predicted octanol–water partition coefficient (Wildman–Crippen LogP) is 3.10. The van der Waals surface area contributed by atoms with Crippen molar-refractivity contribution in [2.75, 3.05) is 14.2 Å². The van der Waals surface area contributed by atoms with Gasteiger partial charge in [0.15, 0.2) is 0 Å². The molecule has 20 heavy (non-hydrogen) atoms. The summed E-state index contributed by atoms with van der Waals surface area (Å²) in [6, 6.07) is 9.45. The van der Waals surface area contributed by atoms with E-state index in [-0.39, 0.29) is 6.04 Å². The van der Waals surface area contributed by atoms with E-state index >= 15 is 0 Å². The Kier molecular flexibility index (Phi) is 4.98. The number of benzene rings is 1. The molecule has 0 saturated heterocycles. The molecule has 5 heteroatoms. The number of rotatable bonds is 5. The van der Waals surface area contributed by atoms with Crippen LogP contribution < -0.4 is 15.2 Å². The van der Waals surface area contributed by atoms with Crippen molar-refractivity contribution in [2.45, 2.75) is 12.5 Å². The normalized spacial score (nSPS) is 12.0. The summed E-state index contributed by atoms with van der Waals surface area (Å²) >= 11 is 3.54. The highest BCUT2D eigenvalue weighted by Gasteiger charge is 2.15. The Balaban J connectivity index is 2.25. The molecule has 0 aliphatic carbocycles. The van der Waals surface area contributed by atoms with Gasteiger partial charge in [-0.05, 0) is 36.2 Å². The Morgan fingerprint density at radius 3 is 2.75 bits per heavy atom. The van der Waals surface area contributed by atoms with Gasteiger partial charge in [0.2, 0.25) is 5.88 Å². The zero-order valence-corrected chi connectivity index (χ0v) is 13.1. The Morgan fingerprint density at radius 1 is 1.25 bits per heavy atom. The lowest BCUT2D eigenvalue weighted by Crippen LogP contribution is -2.15. The van der Waals surface area contributed by atoms with Crippen molar-refractivity contribution in [1.82, 2.24) is 4.98 Å². The first-order valence-corrected chi connectivity index (χ1v) is 7.02. The molecule has 0 bridgehead atoms. The van der Waals surface area contributed by atoms with Gasteiger partial charge in [-0.3, -0.25) is 0 Å². The second-order valence-electron chi connectivity index (χ2n) is 4.37. The van der Waals surface area contributed by atoms with Crippen molar-refractivity contribution >= 4 is 15.9 Å². The molecule has 0 spiro atoms. The number of aromatic nitrogens is 1. The quantitative estimate of drug-likeness (QED) is 0.911. The summed E-state index contributed by atoms with van der Waals surface area (Å²) in [7, 11) is 3.25. The van der Waals surface area contributed by atoms with Gasteiger partial charge in [-0.2, -0.15) is 0 Å². The summed E-state index contributed by atoms with van der Waals surface area (Å²) in [6.07, 6.45) is 2.36. The van der Waals surface area contributed by atoms with Gasteiger partial charge in [0.05, 0.1) is 14.2 Å². The van der Waals surface area contributed by atoms with E-state index in [1.165, 1.54) is 0 Å². The van der Waals surface area contributed by atoms with Crippen molar-refractivity contribution in [3.05, 3.63) is 52.1 Å². The minimum Gasteiger partial charge on any atom is -0.497 e. The molecule has 1 heterocycles. The summed E-state index contributed by atoms with van der Waals surface area (Å²) in [4.78, 5) is 4.18. The third-order valence-electron chi connectivity index (χ3n) is 3.09. The Bertz CT molecular complexity index is 590. The second-order valence-corrected chi connectivity index (χ2v) is 5.22. The molecule has 2 rings (SSSR count). The van der Waals surface area contributed by atoms with Crippen molar-refractivity contribution in [2.24, 2.45) is 5.73 Å². The van der Waals surface area contributed by atoms with Crippen molar-refractivity contribution in [3.8, 4) is 11.6 Å². The summed E-state index contributed by atoms with van der Waals surface area (Å²) in [6.45, 7) is 0. The van der Waals surface area contributed by atoms with E-state index in [4.69, 9.17) is 15.2 Å². The van der Waals surface area contributed by atoms with Crippen molar-refractivity contribution in [3.63, 3.8) is 0 Å². The topological polar surface area (TPSA) is 57.4 Å². The molecule has 0 amide bonds. The van der Waals surface area contributed by atoms with E-state index in [0.717, 1.165) is 21.3 Å². The summed E-state index contributed by atoms with van der Waals surface area (Å²) in [5, 5.41) is 0. The van der Waals surface area contributed by atoms with Crippen LogP contribution in [0.2, 0.25) is 0 Å². The first-order valence-electron chi connectivity index (χ1n) is 6.22. The van der Waals surface area contributed by atoms with E-state index in [1.54, 1.807) is 20.4 Å². The number of hydrogen-bond donors (Lipinski definition) is 1. The number of methoxy groups -OCH3 is 2. The number of halogens is 1. The van der Waals surface area contributed by atoms with Crippen LogP contribution in [0.1, 0.15) is 17.2 Å². The van der Waals surface area contributed by atoms with Crippen LogP contribution in [-0.4, -0.2) is 19.2 Å². The molecule has 106 valence electrons. The molecule has 1 atom stereocenters. The number of ether oxygens (including phenoxy) is 2. The minimum absolute atomic E-state index is 0.193. The van der Waals surface area contributed by atoms with Gasteiger partial charge in [-0.1, -0.05) is 22.0 Å². The van der Waals surface area contributed by atoms with Gasteiger partial charge < -0.3 is 15.2 Å². The highest BCUT2D eigenvalue weighted by molar-refractivity contribution is 9.10. The standard InChI is InChI=1S/C15H17BrN2O2/c1-19-11-5-6-13(16)10(8-11)9-14(17)12-4-3-7-18-15(12)20-2/h3-8,14H,9,17H2,1-2H3. The van der Waals surface area contributed by atoms with Gasteiger partial charge in [0.1, 0.15) is 5.75 Å². The van der Waals surface area contributed by atoms with Gasteiger partial charge in [-0.15, -0.1) is 0 Å². The third kappa shape index (κ3) is 3.29. The average molecular weight is 337 g/mol. The monoisotopic (exact) mass is 336 g/mol.